The molecule has 1 heterocycles. The third-order valence-corrected chi connectivity index (χ3v) is 3.53. The number of hydrogen-bond donors (Lipinski definition) is 0. The number of unbranched alkanes of at least 4 members (excludes halogenated alkanes) is 7. The van der Waals surface area contributed by atoms with E-state index in [4.69, 9.17) is 9.47 Å². The molecule has 1 aliphatic heterocycles. The van der Waals surface area contributed by atoms with Gasteiger partial charge in [0.15, 0.2) is 0 Å². The zero-order valence-corrected chi connectivity index (χ0v) is 12.8. The minimum Gasteiger partial charge on any atom is -0.427 e. The summed E-state index contributed by atoms with van der Waals surface area (Å²) in [7, 11) is 0. The highest BCUT2D eigenvalue weighted by Crippen LogP contribution is 2.09. The Kier molecular flexibility index (Phi) is 9.53. The zero-order chi connectivity index (χ0) is 15.3. The van der Waals surface area contributed by atoms with Crippen molar-refractivity contribution in [2.45, 2.75) is 51.4 Å². The summed E-state index contributed by atoms with van der Waals surface area (Å²) in [6, 6.07) is 0. The minimum atomic E-state index is -0.329. The molecular formula is C16H27NO4. The molecule has 1 rings (SSSR count). The third kappa shape index (κ3) is 9.24. The Morgan fingerprint density at radius 1 is 0.905 bits per heavy atom. The molecule has 0 aromatic carbocycles. The topological polar surface area (TPSA) is 55.8 Å². The van der Waals surface area contributed by atoms with E-state index in [1.165, 1.54) is 32.1 Å². The Bertz CT molecular complexity index is 312. The van der Waals surface area contributed by atoms with Crippen molar-refractivity contribution in [3.63, 3.8) is 0 Å². The van der Waals surface area contributed by atoms with Gasteiger partial charge in [0, 0.05) is 0 Å². The quantitative estimate of drug-likeness (QED) is 0.352. The molecule has 1 aliphatic rings. The van der Waals surface area contributed by atoms with Crippen LogP contribution in [0.15, 0.2) is 12.7 Å². The van der Waals surface area contributed by atoms with Gasteiger partial charge in [0.25, 0.3) is 0 Å². The van der Waals surface area contributed by atoms with Gasteiger partial charge in [0.2, 0.25) is 6.79 Å². The Hall–Kier alpha value is -1.36. The van der Waals surface area contributed by atoms with Crippen LogP contribution in [0.4, 0.5) is 0 Å². The Labute approximate surface area is 127 Å². The van der Waals surface area contributed by atoms with E-state index in [1.807, 2.05) is 6.08 Å². The summed E-state index contributed by atoms with van der Waals surface area (Å²) in [4.78, 5) is 24.5. The zero-order valence-electron chi connectivity index (χ0n) is 12.8. The molecule has 5 heteroatoms. The summed E-state index contributed by atoms with van der Waals surface area (Å²) >= 11 is 0. The largest absolute Gasteiger partial charge is 0.427 e. The van der Waals surface area contributed by atoms with Crippen molar-refractivity contribution in [3.8, 4) is 0 Å². The van der Waals surface area contributed by atoms with Gasteiger partial charge in [0.1, 0.15) is 0 Å². The summed E-state index contributed by atoms with van der Waals surface area (Å²) in [6.45, 7) is 4.55. The van der Waals surface area contributed by atoms with Crippen molar-refractivity contribution in [1.29, 1.82) is 0 Å². The first kappa shape index (κ1) is 17.7. The molecule has 0 aromatic heterocycles. The molecule has 0 N–H and O–H groups in total. The van der Waals surface area contributed by atoms with Gasteiger partial charge < -0.3 is 9.47 Å². The lowest BCUT2D eigenvalue weighted by Gasteiger charge is -2.22. The lowest BCUT2D eigenvalue weighted by atomic mass is 10.1. The van der Waals surface area contributed by atoms with Gasteiger partial charge in [-0.15, -0.1) is 6.58 Å². The maximum atomic E-state index is 11.4. The number of rotatable bonds is 10. The molecule has 0 unspecified atom stereocenters. The summed E-state index contributed by atoms with van der Waals surface area (Å²) in [5, 5.41) is 0. The first-order valence-corrected chi connectivity index (χ1v) is 7.87. The maximum Gasteiger partial charge on any atom is 0.323 e. The van der Waals surface area contributed by atoms with Gasteiger partial charge in [-0.1, -0.05) is 38.2 Å². The highest BCUT2D eigenvalue weighted by atomic mass is 16.7. The second-order valence-corrected chi connectivity index (χ2v) is 5.41. The summed E-state index contributed by atoms with van der Waals surface area (Å²) in [5.74, 6) is -0.658. The second-order valence-electron chi connectivity index (χ2n) is 5.41. The van der Waals surface area contributed by atoms with Crippen molar-refractivity contribution in [2.24, 2.45) is 0 Å². The molecular weight excluding hydrogens is 270 g/mol. The van der Waals surface area contributed by atoms with Gasteiger partial charge in [-0.3, -0.25) is 14.5 Å². The van der Waals surface area contributed by atoms with Gasteiger partial charge in [-0.2, -0.15) is 0 Å². The minimum absolute atomic E-state index is 0.177. The lowest BCUT2D eigenvalue weighted by Crippen LogP contribution is -2.39. The molecule has 1 fully saturated rings. The average Bonchev–Trinajstić information content (AvgIpc) is 2.43. The molecule has 0 aromatic rings. The molecule has 120 valence electrons. The fourth-order valence-electron chi connectivity index (χ4n) is 2.34. The highest BCUT2D eigenvalue weighted by Gasteiger charge is 2.19. The number of carbonyl (C=O) groups is 2. The van der Waals surface area contributed by atoms with Gasteiger partial charge in [-0.05, 0) is 25.8 Å². The predicted molar refractivity (Wildman–Crippen MR) is 80.6 cm³/mol. The van der Waals surface area contributed by atoms with Crippen molar-refractivity contribution < 1.29 is 19.1 Å². The van der Waals surface area contributed by atoms with E-state index in [9.17, 15) is 9.59 Å². The number of allylic oxidation sites excluding steroid dienone is 1. The number of carbonyl (C=O) groups excluding carboxylic acids is 2. The van der Waals surface area contributed by atoms with Crippen LogP contribution in [0.2, 0.25) is 0 Å². The van der Waals surface area contributed by atoms with Crippen LogP contribution >= 0.6 is 0 Å². The lowest BCUT2D eigenvalue weighted by molar-refractivity contribution is -0.173. The van der Waals surface area contributed by atoms with Crippen LogP contribution in [0.3, 0.4) is 0 Å². The predicted octanol–water partition coefficient (Wildman–Crippen LogP) is 2.65. The van der Waals surface area contributed by atoms with Crippen molar-refractivity contribution in [3.05, 3.63) is 12.7 Å². The van der Waals surface area contributed by atoms with Crippen molar-refractivity contribution >= 4 is 11.9 Å². The van der Waals surface area contributed by atoms with Gasteiger partial charge in [0.05, 0.1) is 13.1 Å². The molecule has 0 bridgehead atoms. The van der Waals surface area contributed by atoms with E-state index >= 15 is 0 Å². The van der Waals surface area contributed by atoms with E-state index in [0.717, 1.165) is 25.8 Å². The normalized spacial score (nSPS) is 16.8. The SMILES string of the molecule is C=CCCCCCCCCCN1CC(=O)OCOC(=O)C1. The fourth-order valence-corrected chi connectivity index (χ4v) is 2.34. The Morgan fingerprint density at radius 2 is 1.43 bits per heavy atom. The fraction of sp³-hybridized carbons (Fsp3) is 0.750. The second kappa shape index (κ2) is 11.3. The highest BCUT2D eigenvalue weighted by molar-refractivity contribution is 5.76. The Morgan fingerprint density at radius 3 is 2.00 bits per heavy atom. The molecule has 21 heavy (non-hydrogen) atoms. The first-order valence-electron chi connectivity index (χ1n) is 7.87. The van der Waals surface area contributed by atoms with Crippen LogP contribution in [0, 0.1) is 0 Å². The van der Waals surface area contributed by atoms with Gasteiger partial charge >= 0.3 is 11.9 Å². The summed E-state index contributed by atoms with van der Waals surface area (Å²) < 4.78 is 9.49. The molecule has 0 atom stereocenters. The number of nitrogens with zero attached hydrogens (tertiary/aromatic N) is 1. The van der Waals surface area contributed by atoms with Crippen molar-refractivity contribution in [2.75, 3.05) is 26.4 Å². The van der Waals surface area contributed by atoms with E-state index in [2.05, 4.69) is 6.58 Å². The van der Waals surface area contributed by atoms with E-state index in [-0.39, 0.29) is 31.8 Å². The van der Waals surface area contributed by atoms with Crippen molar-refractivity contribution in [1.82, 2.24) is 4.90 Å². The molecule has 0 radical (unpaired) electrons. The molecule has 1 saturated heterocycles. The van der Waals surface area contributed by atoms with Crippen LogP contribution < -0.4 is 0 Å². The molecule has 0 saturated carbocycles. The molecule has 5 nitrogen and oxygen atoms in total. The summed E-state index contributed by atoms with van der Waals surface area (Å²) in [5.41, 5.74) is 0. The smallest absolute Gasteiger partial charge is 0.323 e. The van der Waals surface area contributed by atoms with Crippen LogP contribution in [-0.2, 0) is 19.1 Å². The number of ether oxygens (including phenoxy) is 2. The molecule has 0 aliphatic carbocycles. The molecule has 0 spiro atoms. The van der Waals surface area contributed by atoms with Crippen LogP contribution in [-0.4, -0.2) is 43.3 Å². The third-order valence-electron chi connectivity index (χ3n) is 3.53. The summed E-state index contributed by atoms with van der Waals surface area (Å²) in [6.07, 6.45) is 11.4. The number of cyclic esters (lactones) is 2. The molecule has 0 amide bonds. The Balaban J connectivity index is 2.03. The average molecular weight is 297 g/mol. The van der Waals surface area contributed by atoms with Crippen LogP contribution in [0.5, 0.6) is 0 Å². The van der Waals surface area contributed by atoms with Crippen LogP contribution in [0.25, 0.3) is 0 Å². The number of esters is 2. The monoisotopic (exact) mass is 297 g/mol. The maximum absolute atomic E-state index is 11.4. The van der Waals surface area contributed by atoms with Gasteiger partial charge in [-0.25, -0.2) is 0 Å². The first-order chi connectivity index (χ1) is 10.2. The number of hydrogen-bond acceptors (Lipinski definition) is 5. The van der Waals surface area contributed by atoms with E-state index < -0.39 is 0 Å². The van der Waals surface area contributed by atoms with E-state index in [1.54, 1.807) is 4.90 Å². The van der Waals surface area contributed by atoms with Crippen LogP contribution in [0.1, 0.15) is 51.4 Å². The van der Waals surface area contributed by atoms with E-state index in [0.29, 0.717) is 0 Å². The standard InChI is InChI=1S/C16H27NO4/c1-2-3-4-5-6-7-8-9-10-11-17-12-15(18)20-14-21-16(19)13-17/h2H,1,3-14H2.